The highest BCUT2D eigenvalue weighted by atomic mass is 16.3. The number of benzene rings is 1. The third-order valence-electron chi connectivity index (χ3n) is 6.19. The fourth-order valence-corrected chi connectivity index (χ4v) is 4.94. The number of piperidine rings is 1. The number of hydrogen-bond acceptors (Lipinski definition) is 3. The van der Waals surface area contributed by atoms with E-state index in [0.29, 0.717) is 5.92 Å². The molecule has 136 valence electrons. The Bertz CT molecular complexity index is 594. The van der Waals surface area contributed by atoms with Gasteiger partial charge in [-0.1, -0.05) is 37.3 Å². The van der Waals surface area contributed by atoms with Crippen molar-refractivity contribution in [3.63, 3.8) is 0 Å². The second-order valence-electron chi connectivity index (χ2n) is 8.13. The molecule has 3 heterocycles. The zero-order valence-electron chi connectivity index (χ0n) is 15.0. The Labute approximate surface area is 150 Å². The molecule has 2 bridgehead atoms. The molecule has 3 aliphatic rings. The first kappa shape index (κ1) is 16.9. The van der Waals surface area contributed by atoms with Crippen LogP contribution in [0.1, 0.15) is 38.2 Å². The number of nitrogens with zero attached hydrogens (tertiary/aromatic N) is 2. The van der Waals surface area contributed by atoms with Gasteiger partial charge in [-0.25, -0.2) is 4.79 Å². The summed E-state index contributed by atoms with van der Waals surface area (Å²) < 4.78 is 0. The zero-order valence-corrected chi connectivity index (χ0v) is 15.0. The number of nitrogens with one attached hydrogen (secondary N) is 1. The van der Waals surface area contributed by atoms with Crippen molar-refractivity contribution in [1.82, 2.24) is 15.1 Å². The molecule has 5 heteroatoms. The second kappa shape index (κ2) is 6.96. The average molecular weight is 343 g/mol. The van der Waals surface area contributed by atoms with Gasteiger partial charge >= 0.3 is 6.03 Å². The Hall–Kier alpha value is -1.59. The third-order valence-corrected chi connectivity index (χ3v) is 6.19. The maximum Gasteiger partial charge on any atom is 0.318 e. The molecular weight excluding hydrogens is 314 g/mol. The van der Waals surface area contributed by atoms with Crippen LogP contribution in [0.3, 0.4) is 0 Å². The Kier molecular flexibility index (Phi) is 4.69. The van der Waals surface area contributed by atoms with Gasteiger partial charge in [0.25, 0.3) is 0 Å². The van der Waals surface area contributed by atoms with Crippen LogP contribution >= 0.6 is 0 Å². The lowest BCUT2D eigenvalue weighted by Crippen LogP contribution is -2.55. The van der Waals surface area contributed by atoms with Gasteiger partial charge in [-0.3, -0.25) is 4.90 Å². The van der Waals surface area contributed by atoms with Gasteiger partial charge in [0.15, 0.2) is 0 Å². The second-order valence-corrected chi connectivity index (χ2v) is 8.13. The van der Waals surface area contributed by atoms with Crippen LogP contribution in [0.5, 0.6) is 0 Å². The number of aliphatic hydroxyl groups excluding tert-OH is 1. The lowest BCUT2D eigenvalue weighted by Gasteiger charge is -2.38. The van der Waals surface area contributed by atoms with Gasteiger partial charge in [-0.05, 0) is 37.2 Å². The topological polar surface area (TPSA) is 55.8 Å². The smallest absolute Gasteiger partial charge is 0.318 e. The molecule has 1 aromatic carbocycles. The summed E-state index contributed by atoms with van der Waals surface area (Å²) in [6.45, 7) is 5.10. The normalized spacial score (nSPS) is 35.1. The SMILES string of the molecule is C[C@H]1CN(Cc2ccccc2)C[C@H]1NC(=O)N1[C@H]2CC[C@H]1CC(O)C2. The van der Waals surface area contributed by atoms with E-state index in [2.05, 4.69) is 41.4 Å². The van der Waals surface area contributed by atoms with Gasteiger partial charge in [-0.2, -0.15) is 0 Å². The molecule has 25 heavy (non-hydrogen) atoms. The minimum Gasteiger partial charge on any atom is -0.393 e. The number of amides is 2. The highest BCUT2D eigenvalue weighted by Gasteiger charge is 2.43. The summed E-state index contributed by atoms with van der Waals surface area (Å²) in [4.78, 5) is 17.3. The summed E-state index contributed by atoms with van der Waals surface area (Å²) in [6, 6.07) is 11.3. The summed E-state index contributed by atoms with van der Waals surface area (Å²) >= 11 is 0. The molecule has 0 radical (unpaired) electrons. The molecule has 4 atom stereocenters. The van der Waals surface area contributed by atoms with Crippen molar-refractivity contribution >= 4 is 6.03 Å². The molecule has 2 amide bonds. The quantitative estimate of drug-likeness (QED) is 0.885. The molecule has 5 nitrogen and oxygen atoms in total. The van der Waals surface area contributed by atoms with Crippen molar-refractivity contribution in [2.24, 2.45) is 5.92 Å². The monoisotopic (exact) mass is 343 g/mol. The van der Waals surface area contributed by atoms with Crippen molar-refractivity contribution in [2.75, 3.05) is 13.1 Å². The van der Waals surface area contributed by atoms with Gasteiger partial charge in [0, 0.05) is 37.8 Å². The third kappa shape index (κ3) is 3.53. The summed E-state index contributed by atoms with van der Waals surface area (Å²) in [5, 5.41) is 13.2. The van der Waals surface area contributed by atoms with E-state index in [1.807, 2.05) is 11.0 Å². The van der Waals surface area contributed by atoms with Crippen LogP contribution in [0, 0.1) is 5.92 Å². The number of rotatable bonds is 3. The molecule has 0 aliphatic carbocycles. The minimum atomic E-state index is -0.228. The Morgan fingerprint density at radius 2 is 1.84 bits per heavy atom. The molecule has 0 saturated carbocycles. The molecule has 0 spiro atoms. The minimum absolute atomic E-state index is 0.0813. The molecule has 0 aromatic heterocycles. The number of likely N-dealkylation sites (tertiary alicyclic amines) is 1. The molecular formula is C20H29N3O2. The van der Waals surface area contributed by atoms with Gasteiger partial charge in [-0.15, -0.1) is 0 Å². The number of carbonyl (C=O) groups excluding carboxylic acids is 1. The maximum absolute atomic E-state index is 12.8. The largest absolute Gasteiger partial charge is 0.393 e. The Balaban J connectivity index is 1.34. The Morgan fingerprint density at radius 3 is 2.52 bits per heavy atom. The number of fused-ring (bicyclic) bond motifs is 2. The van der Waals surface area contributed by atoms with Gasteiger partial charge in [0.05, 0.1) is 6.10 Å². The number of aliphatic hydroxyl groups is 1. The van der Waals surface area contributed by atoms with E-state index in [-0.39, 0.29) is 30.3 Å². The first-order chi connectivity index (χ1) is 12.1. The molecule has 0 unspecified atom stereocenters. The van der Waals surface area contributed by atoms with Crippen LogP contribution in [-0.2, 0) is 6.54 Å². The van der Waals surface area contributed by atoms with Crippen molar-refractivity contribution in [2.45, 2.75) is 63.4 Å². The van der Waals surface area contributed by atoms with Crippen molar-refractivity contribution < 1.29 is 9.90 Å². The molecule has 4 rings (SSSR count). The van der Waals surface area contributed by atoms with Crippen LogP contribution in [0.4, 0.5) is 4.79 Å². The lowest BCUT2D eigenvalue weighted by atomic mass is 10.0. The van der Waals surface area contributed by atoms with Gasteiger partial charge < -0.3 is 15.3 Å². The van der Waals surface area contributed by atoms with Crippen molar-refractivity contribution in [1.29, 1.82) is 0 Å². The average Bonchev–Trinajstić information content (AvgIpc) is 3.06. The van der Waals surface area contributed by atoms with E-state index in [0.717, 1.165) is 45.3 Å². The van der Waals surface area contributed by atoms with E-state index in [9.17, 15) is 9.90 Å². The number of urea groups is 1. The van der Waals surface area contributed by atoms with Crippen LogP contribution in [-0.4, -0.2) is 58.3 Å². The van der Waals surface area contributed by atoms with E-state index in [1.165, 1.54) is 5.56 Å². The van der Waals surface area contributed by atoms with E-state index in [4.69, 9.17) is 0 Å². The number of carbonyl (C=O) groups is 1. The van der Waals surface area contributed by atoms with Crippen LogP contribution in [0.2, 0.25) is 0 Å². The highest BCUT2D eigenvalue weighted by molar-refractivity contribution is 5.76. The maximum atomic E-state index is 12.8. The van der Waals surface area contributed by atoms with Crippen LogP contribution in [0.25, 0.3) is 0 Å². The van der Waals surface area contributed by atoms with Gasteiger partial charge in [0.2, 0.25) is 0 Å². The van der Waals surface area contributed by atoms with Gasteiger partial charge in [0.1, 0.15) is 0 Å². The molecule has 3 fully saturated rings. The standard InChI is InChI=1S/C20H29N3O2/c1-14-11-22(12-15-5-3-2-4-6-15)13-19(14)21-20(25)23-16-7-8-17(23)10-18(24)9-16/h2-6,14,16-19,24H,7-13H2,1H3,(H,21,25)/t14-,16-,17-,19+/m0/s1. The summed E-state index contributed by atoms with van der Waals surface area (Å²) in [7, 11) is 0. The van der Waals surface area contributed by atoms with Crippen molar-refractivity contribution in [3.05, 3.63) is 35.9 Å². The number of hydrogen-bond donors (Lipinski definition) is 2. The first-order valence-electron chi connectivity index (χ1n) is 9.63. The van der Waals surface area contributed by atoms with Crippen LogP contribution < -0.4 is 5.32 Å². The highest BCUT2D eigenvalue weighted by Crippen LogP contribution is 2.35. The van der Waals surface area contributed by atoms with Crippen molar-refractivity contribution in [3.8, 4) is 0 Å². The van der Waals surface area contributed by atoms with Crippen LogP contribution in [0.15, 0.2) is 30.3 Å². The summed E-state index contributed by atoms with van der Waals surface area (Å²) in [6.07, 6.45) is 3.33. The molecule has 2 N–H and O–H groups in total. The molecule has 3 saturated heterocycles. The predicted molar refractivity (Wildman–Crippen MR) is 97.1 cm³/mol. The van der Waals surface area contributed by atoms with E-state index in [1.54, 1.807) is 0 Å². The molecule has 1 aromatic rings. The zero-order chi connectivity index (χ0) is 17.4. The summed E-state index contributed by atoms with van der Waals surface area (Å²) in [5.74, 6) is 0.459. The first-order valence-corrected chi connectivity index (χ1v) is 9.63. The fraction of sp³-hybridized carbons (Fsp3) is 0.650. The van der Waals surface area contributed by atoms with E-state index >= 15 is 0 Å². The molecule has 3 aliphatic heterocycles. The predicted octanol–water partition coefficient (Wildman–Crippen LogP) is 2.20. The fourth-order valence-electron chi connectivity index (χ4n) is 4.94. The summed E-state index contributed by atoms with van der Waals surface area (Å²) in [5.41, 5.74) is 1.32. The lowest BCUT2D eigenvalue weighted by molar-refractivity contribution is 0.0532. The van der Waals surface area contributed by atoms with E-state index < -0.39 is 0 Å². The Morgan fingerprint density at radius 1 is 1.16 bits per heavy atom.